The van der Waals surface area contributed by atoms with Gasteiger partial charge in [-0.1, -0.05) is 12.8 Å². The lowest BCUT2D eigenvalue weighted by molar-refractivity contribution is 0.000693. The Morgan fingerprint density at radius 2 is 1.08 bits per heavy atom. The predicted octanol–water partition coefficient (Wildman–Crippen LogP) is 4.28. The summed E-state index contributed by atoms with van der Waals surface area (Å²) in [5.74, 6) is 2.41. The molecule has 0 aromatic rings. The van der Waals surface area contributed by atoms with Gasteiger partial charge in [-0.3, -0.25) is 0 Å². The van der Waals surface area contributed by atoms with E-state index in [1.807, 2.05) is 42.3 Å². The maximum atomic E-state index is 9.03. The lowest BCUT2D eigenvalue weighted by Gasteiger charge is -2.27. The van der Waals surface area contributed by atoms with Crippen molar-refractivity contribution in [3.05, 3.63) is 0 Å². The topological polar surface area (TPSA) is 188 Å². The van der Waals surface area contributed by atoms with Gasteiger partial charge in [0, 0.05) is 142 Å². The van der Waals surface area contributed by atoms with Crippen LogP contribution in [-0.2, 0) is 54.9 Å². The molecule has 5 aliphatic rings. The van der Waals surface area contributed by atoms with Gasteiger partial charge in [-0.2, -0.15) is 14.3 Å². The highest BCUT2D eigenvalue weighted by molar-refractivity contribution is 7.46. The number of nitrogens with zero attached hydrogens (tertiary/aromatic N) is 9. The molecule has 0 aromatic carbocycles. The predicted molar refractivity (Wildman–Crippen MR) is 249 cm³/mol. The molecule has 5 aliphatic heterocycles. The number of hydrogen-bond acceptors (Lipinski definition) is 16. The molecule has 1 N–H and O–H groups in total. The van der Waals surface area contributed by atoms with E-state index < -0.39 is 46.4 Å². The number of likely N-dealkylation sites (N-methyl/N-ethyl adjacent to an activating group) is 6. The lowest BCUT2D eigenvalue weighted by Crippen LogP contribution is -2.31. The molecule has 9 atom stereocenters. The second kappa shape index (κ2) is 29.1. The van der Waals surface area contributed by atoms with Crippen molar-refractivity contribution in [3.63, 3.8) is 0 Å². The summed E-state index contributed by atoms with van der Waals surface area (Å²) in [6.45, 7) is 7.91. The highest BCUT2D eigenvalue weighted by atomic mass is 31.2. The molecule has 26 heteroatoms. The van der Waals surface area contributed by atoms with Gasteiger partial charge in [0.15, 0.2) is 0 Å². The van der Waals surface area contributed by atoms with Crippen molar-refractivity contribution < 1.29 is 60.0 Å². The summed E-state index contributed by atoms with van der Waals surface area (Å²) in [7, 11) is 10.2. The normalized spacial score (nSPS) is 25.3. The molecule has 0 saturated carbocycles. The fourth-order valence-electron chi connectivity index (χ4n) is 7.18. The standard InChI is InChI=1S/C38H75N9O13P4/c1-42-17-18-43(2)36(42)39-61(50-8)58-31(14-25-49-7)28-55-62(40-37-44(3)19-20-45(37)4)59-32-15-26-52-34(32)29-56-63(41-38-46(5)21-22-47(38)6)60-33-16-27-53-35(33)30-57-64(51-9)54-24-13-11-10-12-23-48/h31-35,48H,10-30H2,1-9H3. The monoisotopic (exact) mass is 989 g/mol. The summed E-state index contributed by atoms with van der Waals surface area (Å²) < 4.78 is 88.8. The average molecular weight is 990 g/mol. The van der Waals surface area contributed by atoms with E-state index in [0.717, 1.165) is 82.8 Å². The molecule has 64 heavy (non-hydrogen) atoms. The van der Waals surface area contributed by atoms with E-state index in [1.165, 1.54) is 0 Å². The number of aliphatic hydroxyl groups excluding tert-OH is 1. The Labute approximate surface area is 386 Å². The number of unbranched alkanes of at least 4 members (excludes halogenated alkanes) is 3. The zero-order chi connectivity index (χ0) is 45.8. The van der Waals surface area contributed by atoms with Gasteiger partial charge in [-0.05, 0) is 19.3 Å². The zero-order valence-corrected chi connectivity index (χ0v) is 43.0. The summed E-state index contributed by atoms with van der Waals surface area (Å²) in [5.41, 5.74) is 0. The summed E-state index contributed by atoms with van der Waals surface area (Å²) in [5, 5.41) is 9.03. The Kier molecular flexibility index (Phi) is 24.6. The molecule has 0 bridgehead atoms. The van der Waals surface area contributed by atoms with Gasteiger partial charge >= 0.3 is 34.2 Å². The number of guanidine groups is 3. The van der Waals surface area contributed by atoms with E-state index in [9.17, 15) is 0 Å². The van der Waals surface area contributed by atoms with Gasteiger partial charge in [0.25, 0.3) is 0 Å². The molecule has 0 aromatic heterocycles. The van der Waals surface area contributed by atoms with E-state index >= 15 is 0 Å². The van der Waals surface area contributed by atoms with Crippen molar-refractivity contribution in [1.29, 1.82) is 0 Å². The Balaban J connectivity index is 1.24. The van der Waals surface area contributed by atoms with Crippen molar-refractivity contribution >= 4 is 52.1 Å². The van der Waals surface area contributed by atoms with Crippen molar-refractivity contribution in [2.24, 2.45) is 14.3 Å². The van der Waals surface area contributed by atoms with Crippen LogP contribution >= 0.6 is 34.2 Å². The number of methoxy groups -OCH3 is 1. The molecule has 0 amide bonds. The Morgan fingerprint density at radius 3 is 1.56 bits per heavy atom. The van der Waals surface area contributed by atoms with Crippen LogP contribution in [-0.4, -0.2) is 239 Å². The van der Waals surface area contributed by atoms with Crippen molar-refractivity contribution in [1.82, 2.24) is 29.4 Å². The van der Waals surface area contributed by atoms with Crippen LogP contribution in [0.1, 0.15) is 44.9 Å². The van der Waals surface area contributed by atoms with Crippen LogP contribution in [0.3, 0.4) is 0 Å². The molecule has 5 fully saturated rings. The molecule has 0 aliphatic carbocycles. The van der Waals surface area contributed by atoms with Gasteiger partial charge in [0.2, 0.25) is 17.9 Å². The van der Waals surface area contributed by atoms with Crippen molar-refractivity contribution in [3.8, 4) is 0 Å². The molecule has 22 nitrogen and oxygen atoms in total. The number of hydrogen-bond donors (Lipinski definition) is 1. The minimum absolute atomic E-state index is 0.178. The van der Waals surface area contributed by atoms with Crippen LogP contribution < -0.4 is 0 Å². The van der Waals surface area contributed by atoms with Gasteiger partial charge in [-0.25, -0.2) is 0 Å². The third-order valence-electron chi connectivity index (χ3n) is 11.1. The van der Waals surface area contributed by atoms with Crippen LogP contribution in [0.15, 0.2) is 14.3 Å². The SMILES string of the molecule is COCCC(COP(N=C1N(C)CCN1C)OC1CCOC1COP(N=C1N(C)CCN1C)OC1CCOC1COP(OC)OCCCCCCO)OP(N=C1N(C)CCN1C)OC. The van der Waals surface area contributed by atoms with Crippen molar-refractivity contribution in [2.45, 2.75) is 75.5 Å². The van der Waals surface area contributed by atoms with Crippen LogP contribution in [0.5, 0.6) is 0 Å². The molecular formula is C38H75N9O13P4. The summed E-state index contributed by atoms with van der Waals surface area (Å²) >= 11 is 0. The molecule has 0 radical (unpaired) electrons. The Bertz CT molecular complexity index is 1410. The fourth-order valence-corrected chi connectivity index (χ4v) is 11.8. The van der Waals surface area contributed by atoms with Crippen LogP contribution in [0.4, 0.5) is 0 Å². The maximum Gasteiger partial charge on any atom is 0.332 e. The third-order valence-corrected chi connectivity index (χ3v) is 15.6. The molecule has 9 unspecified atom stereocenters. The average Bonchev–Trinajstić information content (AvgIpc) is 4.13. The van der Waals surface area contributed by atoms with E-state index in [0.29, 0.717) is 45.7 Å². The fraction of sp³-hybridized carbons (Fsp3) is 0.921. The number of rotatable bonds is 30. The molecule has 5 saturated heterocycles. The molecule has 370 valence electrons. The molecule has 5 heterocycles. The van der Waals surface area contributed by atoms with E-state index in [-0.39, 0.29) is 44.7 Å². The summed E-state index contributed by atoms with van der Waals surface area (Å²) in [6, 6.07) is 0. The van der Waals surface area contributed by atoms with E-state index in [4.69, 9.17) is 74.3 Å². The first-order chi connectivity index (χ1) is 31.0. The van der Waals surface area contributed by atoms with Gasteiger partial charge < -0.3 is 89.4 Å². The molecule has 5 rings (SSSR count). The highest BCUT2D eigenvalue weighted by Crippen LogP contribution is 2.49. The first-order valence-electron chi connectivity index (χ1n) is 22.2. The minimum atomic E-state index is -1.81. The van der Waals surface area contributed by atoms with Crippen LogP contribution in [0, 0.1) is 0 Å². The van der Waals surface area contributed by atoms with Crippen LogP contribution in [0.2, 0.25) is 0 Å². The Morgan fingerprint density at radius 1 is 0.594 bits per heavy atom. The second-order valence-electron chi connectivity index (χ2n) is 16.1. The highest BCUT2D eigenvalue weighted by Gasteiger charge is 2.38. The quantitative estimate of drug-likeness (QED) is 0.0793. The zero-order valence-electron chi connectivity index (χ0n) is 39.4. The summed E-state index contributed by atoms with van der Waals surface area (Å²) in [4.78, 5) is 12.6. The smallest absolute Gasteiger partial charge is 0.332 e. The number of aliphatic hydroxyl groups is 1. The van der Waals surface area contributed by atoms with E-state index in [1.54, 1.807) is 21.3 Å². The third kappa shape index (κ3) is 17.2. The molecular weight excluding hydrogens is 914 g/mol. The lowest BCUT2D eigenvalue weighted by atomic mass is 10.2. The largest absolute Gasteiger partial charge is 0.396 e. The first-order valence-corrected chi connectivity index (χ1v) is 26.7. The van der Waals surface area contributed by atoms with Gasteiger partial charge in [0.05, 0.1) is 44.7 Å². The summed E-state index contributed by atoms with van der Waals surface area (Å²) in [6.07, 6.45) is 3.54. The van der Waals surface area contributed by atoms with Gasteiger partial charge in [0.1, 0.15) is 12.2 Å². The minimum Gasteiger partial charge on any atom is -0.396 e. The first kappa shape index (κ1) is 54.0. The Hall–Kier alpha value is -0.990. The van der Waals surface area contributed by atoms with Gasteiger partial charge in [-0.15, -0.1) is 0 Å². The van der Waals surface area contributed by atoms with Crippen LogP contribution in [0.25, 0.3) is 0 Å². The number of ether oxygens (including phenoxy) is 3. The second-order valence-corrected chi connectivity index (χ2v) is 21.0. The van der Waals surface area contributed by atoms with E-state index in [2.05, 4.69) is 29.4 Å². The maximum absolute atomic E-state index is 9.03. The molecule has 0 spiro atoms. The van der Waals surface area contributed by atoms with Crippen molar-refractivity contribution in [2.75, 3.05) is 156 Å².